The fourth-order valence-corrected chi connectivity index (χ4v) is 2.33. The zero-order valence-electron chi connectivity index (χ0n) is 9.95. The molecule has 19 heavy (non-hydrogen) atoms. The number of benzene rings is 2. The van der Waals surface area contributed by atoms with Gasteiger partial charge in [-0.15, -0.1) is 0 Å². The van der Waals surface area contributed by atoms with E-state index >= 15 is 0 Å². The van der Waals surface area contributed by atoms with Crippen molar-refractivity contribution >= 4 is 49.5 Å². The smallest absolute Gasteiger partial charge is 0.139 e. The Morgan fingerprint density at radius 2 is 1.79 bits per heavy atom. The molecule has 0 unspecified atom stereocenters. The minimum Gasteiger partial charge on any atom is -0.487 e. The second-order valence-electron chi connectivity index (χ2n) is 3.87. The van der Waals surface area contributed by atoms with Gasteiger partial charge in [-0.25, -0.2) is 0 Å². The van der Waals surface area contributed by atoms with Crippen LogP contribution in [0.15, 0.2) is 51.9 Å². The molecule has 4 heteroatoms. The molecule has 0 N–H and O–H groups in total. The van der Waals surface area contributed by atoms with Gasteiger partial charge in [-0.1, -0.05) is 54.1 Å². The van der Waals surface area contributed by atoms with Gasteiger partial charge < -0.3 is 4.74 Å². The first kappa shape index (κ1) is 14.6. The minimum absolute atomic E-state index is 0.503. The molecular weight excluding hydrogens is 391 g/mol. The lowest BCUT2D eigenvalue weighted by Gasteiger charge is -2.09. The Hall–Kier alpha value is -0.770. The van der Waals surface area contributed by atoms with E-state index in [4.69, 9.17) is 16.3 Å². The molecule has 0 heterocycles. The summed E-state index contributed by atoms with van der Waals surface area (Å²) in [5.74, 6) is 0.681. The second-order valence-corrected chi connectivity index (χ2v) is 7.02. The third kappa shape index (κ3) is 4.37. The first-order valence-corrected chi connectivity index (χ1v) is 7.61. The SMILES string of the molecule is Clc1c(C=C(Br)Br)cccc1OCc1ccccc1. The van der Waals surface area contributed by atoms with Crippen LogP contribution in [-0.4, -0.2) is 0 Å². The van der Waals surface area contributed by atoms with Crippen LogP contribution in [-0.2, 0) is 6.61 Å². The zero-order chi connectivity index (χ0) is 13.7. The van der Waals surface area contributed by atoms with Gasteiger partial charge in [0.1, 0.15) is 12.4 Å². The summed E-state index contributed by atoms with van der Waals surface area (Å²) in [6.07, 6.45) is 1.89. The van der Waals surface area contributed by atoms with Gasteiger partial charge in [0.15, 0.2) is 0 Å². The molecule has 0 spiro atoms. The molecule has 2 rings (SSSR count). The molecule has 0 saturated heterocycles. The zero-order valence-corrected chi connectivity index (χ0v) is 13.9. The number of hydrogen-bond acceptors (Lipinski definition) is 1. The molecule has 0 saturated carbocycles. The predicted molar refractivity (Wildman–Crippen MR) is 88.1 cm³/mol. The second kappa shape index (κ2) is 7.13. The Bertz CT molecular complexity index is 578. The summed E-state index contributed by atoms with van der Waals surface area (Å²) in [6, 6.07) is 15.7. The van der Waals surface area contributed by atoms with Crippen LogP contribution in [0.5, 0.6) is 5.75 Å². The van der Waals surface area contributed by atoms with Crippen LogP contribution in [0.25, 0.3) is 6.08 Å². The molecule has 0 aliphatic heterocycles. The topological polar surface area (TPSA) is 9.23 Å². The van der Waals surface area contributed by atoms with E-state index in [-0.39, 0.29) is 0 Å². The van der Waals surface area contributed by atoms with Crippen molar-refractivity contribution in [2.24, 2.45) is 0 Å². The molecule has 0 atom stereocenters. The Morgan fingerprint density at radius 3 is 2.47 bits per heavy atom. The summed E-state index contributed by atoms with van der Waals surface area (Å²) in [7, 11) is 0. The molecule has 0 radical (unpaired) electrons. The van der Waals surface area contributed by atoms with Crippen molar-refractivity contribution in [3.8, 4) is 5.75 Å². The summed E-state index contributed by atoms with van der Waals surface area (Å²) >= 11 is 13.0. The van der Waals surface area contributed by atoms with Gasteiger partial charge >= 0.3 is 0 Å². The van der Waals surface area contributed by atoms with Gasteiger partial charge in [-0.05, 0) is 55.1 Å². The fourth-order valence-electron chi connectivity index (χ4n) is 1.60. The van der Waals surface area contributed by atoms with Crippen molar-refractivity contribution in [1.82, 2.24) is 0 Å². The normalized spacial score (nSPS) is 10.1. The number of rotatable bonds is 4. The van der Waals surface area contributed by atoms with E-state index in [1.54, 1.807) is 0 Å². The third-order valence-corrected chi connectivity index (χ3v) is 3.36. The van der Waals surface area contributed by atoms with Gasteiger partial charge in [0.2, 0.25) is 0 Å². The standard InChI is InChI=1S/C15H11Br2ClO/c16-14(17)9-12-7-4-8-13(15(12)18)19-10-11-5-2-1-3-6-11/h1-9H,10H2. The van der Waals surface area contributed by atoms with Gasteiger partial charge in [0.25, 0.3) is 0 Å². The Labute approximate surface area is 134 Å². The lowest BCUT2D eigenvalue weighted by Crippen LogP contribution is -1.96. The highest BCUT2D eigenvalue weighted by Gasteiger charge is 2.06. The highest BCUT2D eigenvalue weighted by atomic mass is 79.9. The van der Waals surface area contributed by atoms with Crippen LogP contribution < -0.4 is 4.74 Å². The van der Waals surface area contributed by atoms with Crippen molar-refractivity contribution in [2.75, 3.05) is 0 Å². The highest BCUT2D eigenvalue weighted by Crippen LogP contribution is 2.31. The number of halogens is 3. The summed E-state index contributed by atoms with van der Waals surface area (Å²) in [5.41, 5.74) is 2.01. The van der Waals surface area contributed by atoms with E-state index < -0.39 is 0 Å². The van der Waals surface area contributed by atoms with Gasteiger partial charge in [-0.3, -0.25) is 0 Å². The van der Waals surface area contributed by atoms with Crippen LogP contribution in [0.1, 0.15) is 11.1 Å². The highest BCUT2D eigenvalue weighted by molar-refractivity contribution is 9.28. The van der Waals surface area contributed by atoms with Gasteiger partial charge in [0, 0.05) is 0 Å². The maximum absolute atomic E-state index is 6.31. The lowest BCUT2D eigenvalue weighted by atomic mass is 10.2. The van der Waals surface area contributed by atoms with Crippen LogP contribution in [0, 0.1) is 0 Å². The Morgan fingerprint density at radius 1 is 1.05 bits per heavy atom. The average Bonchev–Trinajstić information content (AvgIpc) is 2.40. The largest absolute Gasteiger partial charge is 0.487 e. The van der Waals surface area contributed by atoms with E-state index in [0.717, 1.165) is 14.5 Å². The molecule has 1 nitrogen and oxygen atoms in total. The monoisotopic (exact) mass is 400 g/mol. The number of hydrogen-bond donors (Lipinski definition) is 0. The Balaban J connectivity index is 2.15. The summed E-state index contributed by atoms with van der Waals surface area (Å²) < 4.78 is 6.59. The molecule has 0 aromatic heterocycles. The summed E-state index contributed by atoms with van der Waals surface area (Å²) in [4.78, 5) is 0. The van der Waals surface area contributed by atoms with Crippen molar-refractivity contribution in [1.29, 1.82) is 0 Å². The van der Waals surface area contributed by atoms with Gasteiger partial charge in [0.05, 0.1) is 8.41 Å². The molecule has 0 aliphatic carbocycles. The van der Waals surface area contributed by atoms with Crippen molar-refractivity contribution < 1.29 is 4.74 Å². The van der Waals surface area contributed by atoms with E-state index in [1.165, 1.54) is 0 Å². The molecule has 2 aromatic rings. The molecule has 0 bridgehead atoms. The first-order valence-electron chi connectivity index (χ1n) is 5.65. The van der Waals surface area contributed by atoms with Crippen LogP contribution in [0.2, 0.25) is 5.02 Å². The molecule has 2 aromatic carbocycles. The molecule has 0 amide bonds. The van der Waals surface area contributed by atoms with Crippen molar-refractivity contribution in [3.63, 3.8) is 0 Å². The van der Waals surface area contributed by atoms with Crippen LogP contribution in [0.3, 0.4) is 0 Å². The summed E-state index contributed by atoms with van der Waals surface area (Å²) in [6.45, 7) is 0.503. The lowest BCUT2D eigenvalue weighted by molar-refractivity contribution is 0.306. The van der Waals surface area contributed by atoms with Crippen molar-refractivity contribution in [2.45, 2.75) is 6.61 Å². The van der Waals surface area contributed by atoms with E-state index in [0.29, 0.717) is 17.4 Å². The molecule has 98 valence electrons. The molecular formula is C15H11Br2ClO. The summed E-state index contributed by atoms with van der Waals surface area (Å²) in [5, 5.41) is 0.606. The third-order valence-electron chi connectivity index (χ3n) is 2.49. The quantitative estimate of drug-likeness (QED) is 0.609. The average molecular weight is 403 g/mol. The number of ether oxygens (including phenoxy) is 1. The minimum atomic E-state index is 0.503. The van der Waals surface area contributed by atoms with E-state index in [9.17, 15) is 0 Å². The Kier molecular flexibility index (Phi) is 5.49. The molecule has 0 fully saturated rings. The molecule has 0 aliphatic rings. The maximum atomic E-state index is 6.31. The predicted octanol–water partition coefficient (Wildman–Crippen LogP) is 6.01. The fraction of sp³-hybridized carbons (Fsp3) is 0.0667. The maximum Gasteiger partial charge on any atom is 0.139 e. The van der Waals surface area contributed by atoms with E-state index in [2.05, 4.69) is 31.9 Å². The van der Waals surface area contributed by atoms with Gasteiger partial charge in [-0.2, -0.15) is 0 Å². The van der Waals surface area contributed by atoms with Crippen LogP contribution in [0.4, 0.5) is 0 Å². The first-order chi connectivity index (χ1) is 9.16. The van der Waals surface area contributed by atoms with Crippen LogP contribution >= 0.6 is 43.5 Å². The van der Waals surface area contributed by atoms with E-state index in [1.807, 2.05) is 54.6 Å². The van der Waals surface area contributed by atoms with Crippen molar-refractivity contribution in [3.05, 3.63) is 68.1 Å².